The molecule has 1 saturated carbocycles. The van der Waals surface area contributed by atoms with Crippen molar-refractivity contribution in [2.75, 3.05) is 38.0 Å². The summed E-state index contributed by atoms with van der Waals surface area (Å²) in [6, 6.07) is 6.11. The second-order valence-electron chi connectivity index (χ2n) is 7.30. The van der Waals surface area contributed by atoms with Crippen LogP contribution in [-0.4, -0.2) is 69.2 Å². The summed E-state index contributed by atoms with van der Waals surface area (Å²) in [5.41, 5.74) is 1.39. The molecule has 1 saturated heterocycles. The van der Waals surface area contributed by atoms with E-state index in [-0.39, 0.29) is 5.91 Å². The van der Waals surface area contributed by atoms with E-state index in [1.54, 1.807) is 23.1 Å². The van der Waals surface area contributed by atoms with Gasteiger partial charge in [-0.3, -0.25) is 14.6 Å². The summed E-state index contributed by atoms with van der Waals surface area (Å²) in [4.78, 5) is 21.4. The van der Waals surface area contributed by atoms with E-state index >= 15 is 0 Å². The molecule has 1 amide bonds. The predicted octanol–water partition coefficient (Wildman–Crippen LogP) is 2.42. The molecule has 1 aromatic carbocycles. The number of carbonyl (C=O) groups is 1. The fraction of sp³-hybridized carbons (Fsp3) is 0.526. The summed E-state index contributed by atoms with van der Waals surface area (Å²) in [6.45, 7) is 4.38. The highest BCUT2D eigenvalue weighted by Crippen LogP contribution is 2.25. The average Bonchev–Trinajstić information content (AvgIpc) is 3.37. The molecule has 0 bridgehead atoms. The monoisotopic (exact) mass is 388 g/mol. The zero-order valence-electron chi connectivity index (χ0n) is 15.4. The summed E-state index contributed by atoms with van der Waals surface area (Å²) < 4.78 is 1.62. The molecule has 4 rings (SSSR count). The van der Waals surface area contributed by atoms with E-state index in [2.05, 4.69) is 25.2 Å². The van der Waals surface area contributed by atoms with Gasteiger partial charge in [-0.25, -0.2) is 9.67 Å². The lowest BCUT2D eigenvalue weighted by Crippen LogP contribution is -2.51. The van der Waals surface area contributed by atoms with Crippen LogP contribution < -0.4 is 5.32 Å². The van der Waals surface area contributed by atoms with Gasteiger partial charge in [-0.05, 0) is 31.0 Å². The molecule has 1 aromatic heterocycles. The number of halogens is 1. The van der Waals surface area contributed by atoms with Crippen molar-refractivity contribution >= 4 is 23.2 Å². The van der Waals surface area contributed by atoms with Crippen LogP contribution in [0.4, 0.5) is 5.69 Å². The summed E-state index contributed by atoms with van der Waals surface area (Å²) in [7, 11) is 0. The number of amides is 1. The van der Waals surface area contributed by atoms with Crippen LogP contribution in [0.15, 0.2) is 30.9 Å². The van der Waals surface area contributed by atoms with Crippen molar-refractivity contribution in [3.8, 4) is 5.69 Å². The number of benzene rings is 1. The Kier molecular flexibility index (Phi) is 5.71. The fourth-order valence-electron chi connectivity index (χ4n) is 4.09. The Morgan fingerprint density at radius 2 is 1.96 bits per heavy atom. The van der Waals surface area contributed by atoms with E-state index in [9.17, 15) is 4.79 Å². The maximum absolute atomic E-state index is 12.6. The SMILES string of the molecule is O=C(CN1CCN(C2CCCC2)CC1)Nc1cc(Cl)ccc1-n1cncn1. The van der Waals surface area contributed by atoms with E-state index < -0.39 is 0 Å². The van der Waals surface area contributed by atoms with Crippen LogP contribution >= 0.6 is 11.6 Å². The Morgan fingerprint density at radius 3 is 2.67 bits per heavy atom. The van der Waals surface area contributed by atoms with Crippen LogP contribution in [0.1, 0.15) is 25.7 Å². The van der Waals surface area contributed by atoms with Crippen molar-refractivity contribution < 1.29 is 4.79 Å². The third-order valence-electron chi connectivity index (χ3n) is 5.51. The minimum Gasteiger partial charge on any atom is -0.323 e. The number of anilines is 1. The first-order valence-corrected chi connectivity index (χ1v) is 9.97. The Balaban J connectivity index is 1.34. The van der Waals surface area contributed by atoms with E-state index in [1.165, 1.54) is 32.0 Å². The molecule has 0 spiro atoms. The number of nitrogens with one attached hydrogen (secondary N) is 1. The van der Waals surface area contributed by atoms with Crippen LogP contribution in [0.3, 0.4) is 0 Å². The van der Waals surface area contributed by atoms with Crippen LogP contribution in [-0.2, 0) is 4.79 Å². The molecule has 1 aliphatic carbocycles. The van der Waals surface area contributed by atoms with Crippen LogP contribution in [0.5, 0.6) is 0 Å². The topological polar surface area (TPSA) is 66.3 Å². The average molecular weight is 389 g/mol. The summed E-state index contributed by atoms with van der Waals surface area (Å²) in [6.07, 6.45) is 8.45. The predicted molar refractivity (Wildman–Crippen MR) is 105 cm³/mol. The van der Waals surface area contributed by atoms with E-state index in [0.29, 0.717) is 17.3 Å². The lowest BCUT2D eigenvalue weighted by atomic mass is 10.2. The molecule has 1 aliphatic heterocycles. The molecule has 7 nitrogen and oxygen atoms in total. The zero-order valence-corrected chi connectivity index (χ0v) is 16.1. The highest BCUT2D eigenvalue weighted by Gasteiger charge is 2.26. The molecule has 0 atom stereocenters. The highest BCUT2D eigenvalue weighted by atomic mass is 35.5. The minimum atomic E-state index is -0.0343. The van der Waals surface area contributed by atoms with Gasteiger partial charge < -0.3 is 5.32 Å². The van der Waals surface area contributed by atoms with E-state index in [1.807, 2.05) is 6.07 Å². The zero-order chi connectivity index (χ0) is 18.6. The second-order valence-corrected chi connectivity index (χ2v) is 7.74. The third kappa shape index (κ3) is 4.48. The van der Waals surface area contributed by atoms with Gasteiger partial charge in [0, 0.05) is 37.2 Å². The molecule has 1 N–H and O–H groups in total. The Hall–Kier alpha value is -1.96. The summed E-state index contributed by atoms with van der Waals surface area (Å²) in [5.74, 6) is -0.0343. The number of hydrogen-bond donors (Lipinski definition) is 1. The molecule has 2 aromatic rings. The van der Waals surface area contributed by atoms with Crippen molar-refractivity contribution in [1.82, 2.24) is 24.6 Å². The van der Waals surface area contributed by atoms with Crippen molar-refractivity contribution in [2.24, 2.45) is 0 Å². The number of rotatable bonds is 5. The first-order valence-electron chi connectivity index (χ1n) is 9.60. The van der Waals surface area contributed by atoms with Gasteiger partial charge in [0.05, 0.1) is 17.9 Å². The maximum atomic E-state index is 12.6. The molecule has 2 heterocycles. The summed E-state index contributed by atoms with van der Waals surface area (Å²) >= 11 is 6.12. The molecule has 2 aliphatic rings. The first kappa shape index (κ1) is 18.4. The number of carbonyl (C=O) groups excluding carboxylic acids is 1. The lowest BCUT2D eigenvalue weighted by Gasteiger charge is -2.37. The van der Waals surface area contributed by atoms with Gasteiger partial charge in [-0.2, -0.15) is 5.10 Å². The maximum Gasteiger partial charge on any atom is 0.238 e. The van der Waals surface area contributed by atoms with Gasteiger partial charge in [0.25, 0.3) is 0 Å². The number of aromatic nitrogens is 3. The molecule has 27 heavy (non-hydrogen) atoms. The van der Waals surface area contributed by atoms with Gasteiger partial charge in [-0.1, -0.05) is 24.4 Å². The lowest BCUT2D eigenvalue weighted by molar-refractivity contribution is -0.117. The molecule has 0 unspecified atom stereocenters. The molecule has 144 valence electrons. The van der Waals surface area contributed by atoms with Gasteiger partial charge in [0.2, 0.25) is 5.91 Å². The summed E-state index contributed by atoms with van der Waals surface area (Å²) in [5, 5.41) is 7.70. The van der Waals surface area contributed by atoms with Crippen molar-refractivity contribution in [3.63, 3.8) is 0 Å². The quantitative estimate of drug-likeness (QED) is 0.852. The fourth-order valence-corrected chi connectivity index (χ4v) is 4.26. The van der Waals surface area contributed by atoms with Crippen molar-refractivity contribution in [3.05, 3.63) is 35.9 Å². The van der Waals surface area contributed by atoms with Crippen LogP contribution in [0.25, 0.3) is 5.69 Å². The minimum absolute atomic E-state index is 0.0343. The number of piperazine rings is 1. The third-order valence-corrected chi connectivity index (χ3v) is 5.75. The Labute approximate surface area is 164 Å². The van der Waals surface area contributed by atoms with Crippen molar-refractivity contribution in [2.45, 2.75) is 31.7 Å². The van der Waals surface area contributed by atoms with E-state index in [4.69, 9.17) is 11.6 Å². The van der Waals surface area contributed by atoms with Crippen LogP contribution in [0, 0.1) is 0 Å². The second kappa shape index (κ2) is 8.37. The molecule has 0 radical (unpaired) electrons. The number of hydrogen-bond acceptors (Lipinski definition) is 5. The Morgan fingerprint density at radius 1 is 1.19 bits per heavy atom. The standard InChI is InChI=1S/C19H25ClN6O/c20-15-5-6-18(26-14-21-13-22-26)17(11-15)23-19(27)12-24-7-9-25(10-8-24)16-3-1-2-4-16/h5-6,11,13-14,16H,1-4,7-10,12H2,(H,23,27). The van der Waals surface area contributed by atoms with Crippen molar-refractivity contribution in [1.29, 1.82) is 0 Å². The largest absolute Gasteiger partial charge is 0.323 e. The smallest absolute Gasteiger partial charge is 0.238 e. The molecule has 8 heteroatoms. The van der Waals surface area contributed by atoms with Gasteiger partial charge in [-0.15, -0.1) is 0 Å². The first-order chi connectivity index (χ1) is 13.2. The number of nitrogens with zero attached hydrogens (tertiary/aromatic N) is 5. The van der Waals surface area contributed by atoms with Gasteiger partial charge in [0.15, 0.2) is 0 Å². The normalized spacial score (nSPS) is 19.4. The molecule has 2 fully saturated rings. The molecular weight excluding hydrogens is 364 g/mol. The molecular formula is C19H25ClN6O. The van der Waals surface area contributed by atoms with Crippen LogP contribution in [0.2, 0.25) is 5.02 Å². The Bertz CT molecular complexity index is 767. The van der Waals surface area contributed by atoms with Gasteiger partial charge in [0.1, 0.15) is 12.7 Å². The van der Waals surface area contributed by atoms with E-state index in [0.717, 1.165) is 37.9 Å². The van der Waals surface area contributed by atoms with Gasteiger partial charge >= 0.3 is 0 Å². The highest BCUT2D eigenvalue weighted by molar-refractivity contribution is 6.31.